The lowest BCUT2D eigenvalue weighted by Gasteiger charge is -2.09. The van der Waals surface area contributed by atoms with Crippen LogP contribution < -0.4 is 0 Å². The van der Waals surface area contributed by atoms with Gasteiger partial charge >= 0.3 is 0 Å². The van der Waals surface area contributed by atoms with Gasteiger partial charge in [-0.05, 0) is 36.4 Å². The van der Waals surface area contributed by atoms with E-state index < -0.39 is 9.84 Å². The van der Waals surface area contributed by atoms with E-state index in [1.807, 2.05) is 24.3 Å². The molecule has 0 spiro atoms. The maximum atomic E-state index is 12.0. The summed E-state index contributed by atoms with van der Waals surface area (Å²) in [5.41, 5.74) is 2.72. The summed E-state index contributed by atoms with van der Waals surface area (Å²) in [6.07, 6.45) is 1.18. The summed E-state index contributed by atoms with van der Waals surface area (Å²) < 4.78 is 24.1. The molecule has 0 unspecified atom stereocenters. The molecule has 0 bridgehead atoms. The Morgan fingerprint density at radius 3 is 1.46 bits per heavy atom. The van der Waals surface area contributed by atoms with Crippen LogP contribution in [0.2, 0.25) is 10.0 Å². The number of hydrogen-bond donors (Lipinski definition) is 0. The first-order chi connectivity index (χ1) is 11.3. The number of rotatable bonds is 3. The number of pyridine rings is 1. The largest absolute Gasteiger partial charge is 0.248 e. The van der Waals surface area contributed by atoms with Crippen molar-refractivity contribution in [3.63, 3.8) is 0 Å². The van der Waals surface area contributed by atoms with Gasteiger partial charge < -0.3 is 0 Å². The molecule has 0 amide bonds. The van der Waals surface area contributed by atoms with E-state index in [1.165, 1.54) is 6.26 Å². The van der Waals surface area contributed by atoms with Gasteiger partial charge in [-0.15, -0.1) is 0 Å². The first kappa shape index (κ1) is 17.0. The van der Waals surface area contributed by atoms with Crippen molar-refractivity contribution < 1.29 is 8.42 Å². The van der Waals surface area contributed by atoms with E-state index in [-0.39, 0.29) is 4.90 Å². The number of hydrogen-bond acceptors (Lipinski definition) is 3. The maximum Gasteiger partial charge on any atom is 0.175 e. The highest BCUT2D eigenvalue weighted by Gasteiger charge is 2.13. The van der Waals surface area contributed by atoms with Crippen LogP contribution >= 0.6 is 23.2 Å². The minimum atomic E-state index is -3.37. The zero-order valence-electron chi connectivity index (χ0n) is 12.7. The molecule has 122 valence electrons. The molecule has 0 aliphatic heterocycles. The van der Waals surface area contributed by atoms with E-state index in [2.05, 4.69) is 4.98 Å². The third kappa shape index (κ3) is 3.78. The summed E-state index contributed by atoms with van der Waals surface area (Å²) in [5.74, 6) is 0. The van der Waals surface area contributed by atoms with Gasteiger partial charge in [-0.1, -0.05) is 47.5 Å². The van der Waals surface area contributed by atoms with Crippen LogP contribution in [0.5, 0.6) is 0 Å². The van der Waals surface area contributed by atoms with Crippen molar-refractivity contribution in [3.05, 3.63) is 70.7 Å². The van der Waals surface area contributed by atoms with Crippen molar-refractivity contribution in [2.24, 2.45) is 0 Å². The average Bonchev–Trinajstić information content (AvgIpc) is 2.55. The van der Waals surface area contributed by atoms with E-state index in [1.54, 1.807) is 36.4 Å². The second-order valence-electron chi connectivity index (χ2n) is 5.36. The Labute approximate surface area is 150 Å². The zero-order valence-corrected chi connectivity index (χ0v) is 15.0. The average molecular weight is 378 g/mol. The third-order valence-electron chi connectivity index (χ3n) is 3.51. The Hall–Kier alpha value is -1.88. The van der Waals surface area contributed by atoms with Crippen molar-refractivity contribution in [1.29, 1.82) is 0 Å². The molecule has 0 aliphatic rings. The van der Waals surface area contributed by atoms with Crippen molar-refractivity contribution in [2.45, 2.75) is 4.90 Å². The second kappa shape index (κ2) is 6.55. The third-order valence-corrected chi connectivity index (χ3v) is 5.10. The molecular weight excluding hydrogens is 365 g/mol. The Morgan fingerprint density at radius 1 is 0.750 bits per heavy atom. The number of halogens is 2. The lowest BCUT2D eigenvalue weighted by atomic mass is 10.1. The summed E-state index contributed by atoms with van der Waals surface area (Å²) in [6.45, 7) is 0. The summed E-state index contributed by atoms with van der Waals surface area (Å²) in [6, 6.07) is 17.3. The molecule has 0 aliphatic carbocycles. The molecule has 0 saturated carbocycles. The molecule has 0 atom stereocenters. The highest BCUT2D eigenvalue weighted by Crippen LogP contribution is 2.28. The quantitative estimate of drug-likeness (QED) is 0.635. The molecule has 3 rings (SSSR count). The predicted octanol–water partition coefficient (Wildman–Crippen LogP) is 5.13. The van der Waals surface area contributed by atoms with Crippen LogP contribution in [0.15, 0.2) is 65.6 Å². The minimum absolute atomic E-state index is 0.215. The molecule has 0 radical (unpaired) electrons. The van der Waals surface area contributed by atoms with Crippen LogP contribution in [-0.4, -0.2) is 19.7 Å². The van der Waals surface area contributed by atoms with E-state index in [0.717, 1.165) is 11.1 Å². The number of benzene rings is 2. The molecule has 1 heterocycles. The summed E-state index contributed by atoms with van der Waals surface area (Å²) >= 11 is 11.8. The maximum absolute atomic E-state index is 12.0. The fourth-order valence-corrected chi connectivity index (χ4v) is 3.16. The molecule has 3 aromatic rings. The van der Waals surface area contributed by atoms with Gasteiger partial charge in [0, 0.05) is 27.4 Å². The van der Waals surface area contributed by atoms with Crippen LogP contribution in [0.1, 0.15) is 0 Å². The normalized spacial score (nSPS) is 11.5. The van der Waals surface area contributed by atoms with Crippen molar-refractivity contribution in [3.8, 4) is 22.5 Å². The standard InChI is InChI=1S/C18H13Cl2NO2S/c1-24(22,23)16-10-17(12-2-6-14(19)7-3-12)21-18(11-16)13-4-8-15(20)9-5-13/h2-11H,1H3. The number of sulfone groups is 1. The SMILES string of the molecule is CS(=O)(=O)c1cc(-c2ccc(Cl)cc2)nc(-c2ccc(Cl)cc2)c1. The molecule has 6 heteroatoms. The van der Waals surface area contributed by atoms with Gasteiger partial charge in [0.1, 0.15) is 0 Å². The lowest BCUT2D eigenvalue weighted by Crippen LogP contribution is -2.00. The Kier molecular flexibility index (Phi) is 4.63. The predicted molar refractivity (Wildman–Crippen MR) is 98.2 cm³/mol. The molecule has 0 fully saturated rings. The molecule has 2 aromatic carbocycles. The van der Waals surface area contributed by atoms with Crippen molar-refractivity contribution in [1.82, 2.24) is 4.98 Å². The molecule has 0 saturated heterocycles. The Balaban J connectivity index is 2.21. The van der Waals surface area contributed by atoms with Crippen LogP contribution in [0, 0.1) is 0 Å². The smallest absolute Gasteiger partial charge is 0.175 e. The topological polar surface area (TPSA) is 47.0 Å². The minimum Gasteiger partial charge on any atom is -0.248 e. The number of nitrogens with zero attached hydrogens (tertiary/aromatic N) is 1. The van der Waals surface area contributed by atoms with Gasteiger partial charge in [-0.3, -0.25) is 0 Å². The van der Waals surface area contributed by atoms with Crippen LogP contribution in [0.4, 0.5) is 0 Å². The number of aromatic nitrogens is 1. The molecule has 24 heavy (non-hydrogen) atoms. The van der Waals surface area contributed by atoms with Crippen molar-refractivity contribution in [2.75, 3.05) is 6.26 Å². The van der Waals surface area contributed by atoms with E-state index in [0.29, 0.717) is 21.4 Å². The van der Waals surface area contributed by atoms with E-state index in [9.17, 15) is 8.42 Å². The summed E-state index contributed by atoms with van der Waals surface area (Å²) in [5, 5.41) is 1.21. The monoisotopic (exact) mass is 377 g/mol. The lowest BCUT2D eigenvalue weighted by molar-refractivity contribution is 0.602. The molecule has 0 N–H and O–H groups in total. The van der Waals surface area contributed by atoms with Gasteiger partial charge in [-0.25, -0.2) is 13.4 Å². The van der Waals surface area contributed by atoms with Crippen LogP contribution in [0.25, 0.3) is 22.5 Å². The Morgan fingerprint density at radius 2 is 1.12 bits per heavy atom. The first-order valence-corrected chi connectivity index (χ1v) is 9.72. The highest BCUT2D eigenvalue weighted by atomic mass is 35.5. The van der Waals surface area contributed by atoms with Crippen molar-refractivity contribution >= 4 is 33.0 Å². The van der Waals surface area contributed by atoms with Gasteiger partial charge in [0.25, 0.3) is 0 Å². The van der Waals surface area contributed by atoms with Crippen LogP contribution in [0.3, 0.4) is 0 Å². The fraction of sp³-hybridized carbons (Fsp3) is 0.0556. The highest BCUT2D eigenvalue weighted by molar-refractivity contribution is 7.90. The fourth-order valence-electron chi connectivity index (χ4n) is 2.26. The molecule has 1 aromatic heterocycles. The Bertz CT molecular complexity index is 919. The van der Waals surface area contributed by atoms with Crippen LogP contribution in [-0.2, 0) is 9.84 Å². The summed E-state index contributed by atoms with van der Waals surface area (Å²) in [4.78, 5) is 4.81. The molecular formula is C18H13Cl2NO2S. The zero-order chi connectivity index (χ0) is 17.3. The second-order valence-corrected chi connectivity index (χ2v) is 8.25. The summed E-state index contributed by atoms with van der Waals surface area (Å²) in [7, 11) is -3.37. The van der Waals surface area contributed by atoms with Gasteiger partial charge in [-0.2, -0.15) is 0 Å². The first-order valence-electron chi connectivity index (χ1n) is 7.07. The van der Waals surface area contributed by atoms with Gasteiger partial charge in [0.05, 0.1) is 16.3 Å². The van der Waals surface area contributed by atoms with E-state index in [4.69, 9.17) is 23.2 Å². The van der Waals surface area contributed by atoms with Gasteiger partial charge in [0.2, 0.25) is 0 Å². The van der Waals surface area contributed by atoms with E-state index >= 15 is 0 Å². The van der Waals surface area contributed by atoms with Gasteiger partial charge in [0.15, 0.2) is 9.84 Å². The molecule has 3 nitrogen and oxygen atoms in total.